The number of hydrogen-bond acceptors (Lipinski definition) is 5. The number of urea groups is 1. The maximum Gasteiger partial charge on any atom is 0.335 e. The second-order valence-corrected chi connectivity index (χ2v) is 8.64. The maximum atomic E-state index is 14.0. The Morgan fingerprint density at radius 3 is 2.58 bits per heavy atom. The fraction of sp³-hybridized carbons (Fsp3) is 0.318. The Kier molecular flexibility index (Phi) is 4.53. The largest absolute Gasteiger partial charge is 0.364 e. The highest BCUT2D eigenvalue weighted by Crippen LogP contribution is 2.47. The average Bonchev–Trinajstić information content (AvgIpc) is 2.74. The van der Waals surface area contributed by atoms with E-state index in [1.807, 2.05) is 19.2 Å². The van der Waals surface area contributed by atoms with Crippen LogP contribution in [0.1, 0.15) is 5.56 Å². The smallest absolute Gasteiger partial charge is 0.335 e. The van der Waals surface area contributed by atoms with Gasteiger partial charge < -0.3 is 9.80 Å². The number of anilines is 2. The maximum absolute atomic E-state index is 14.0. The van der Waals surface area contributed by atoms with E-state index < -0.39 is 35.1 Å². The number of carbonyl (C=O) groups excluding carboxylic acids is 3. The van der Waals surface area contributed by atoms with E-state index in [1.165, 1.54) is 24.3 Å². The van der Waals surface area contributed by atoms with Gasteiger partial charge >= 0.3 is 6.03 Å². The van der Waals surface area contributed by atoms with Crippen molar-refractivity contribution in [3.05, 3.63) is 58.9 Å². The van der Waals surface area contributed by atoms with Gasteiger partial charge in [-0.05, 0) is 49.0 Å². The van der Waals surface area contributed by atoms with Crippen molar-refractivity contribution >= 4 is 40.8 Å². The fourth-order valence-corrected chi connectivity index (χ4v) is 5.18. The molecule has 2 fully saturated rings. The van der Waals surface area contributed by atoms with Gasteiger partial charge in [0, 0.05) is 36.8 Å². The van der Waals surface area contributed by atoms with Crippen molar-refractivity contribution in [1.82, 2.24) is 10.2 Å². The van der Waals surface area contributed by atoms with Crippen molar-refractivity contribution in [3.63, 3.8) is 0 Å². The quantitative estimate of drug-likeness (QED) is 0.687. The monoisotopic (exact) mass is 442 g/mol. The van der Waals surface area contributed by atoms with Gasteiger partial charge in [0.1, 0.15) is 5.82 Å². The first-order valence-electron chi connectivity index (χ1n) is 10.0. The lowest BCUT2D eigenvalue weighted by Crippen LogP contribution is -2.75. The van der Waals surface area contributed by atoms with Crippen LogP contribution in [0.4, 0.5) is 20.6 Å². The van der Waals surface area contributed by atoms with Gasteiger partial charge in [-0.25, -0.2) is 14.1 Å². The Hall–Kier alpha value is -2.97. The second kappa shape index (κ2) is 7.03. The molecule has 1 spiro atoms. The van der Waals surface area contributed by atoms with Crippen molar-refractivity contribution < 1.29 is 18.8 Å². The number of nitrogens with zero attached hydrogens (tertiary/aromatic N) is 3. The lowest BCUT2D eigenvalue weighted by molar-refractivity contribution is -0.145. The molecule has 160 valence electrons. The number of barbiturate groups is 1. The minimum Gasteiger partial charge on any atom is -0.364 e. The van der Waals surface area contributed by atoms with E-state index in [2.05, 4.69) is 15.1 Å². The molecule has 7 nitrogen and oxygen atoms in total. The molecule has 0 radical (unpaired) electrons. The molecule has 0 saturated carbocycles. The van der Waals surface area contributed by atoms with E-state index in [-0.39, 0.29) is 12.1 Å². The number of carbonyl (C=O) groups is 3. The number of amides is 4. The highest BCUT2D eigenvalue weighted by atomic mass is 35.5. The molecule has 1 N–H and O–H groups in total. The first kappa shape index (κ1) is 20.0. The van der Waals surface area contributed by atoms with E-state index in [0.29, 0.717) is 23.7 Å². The van der Waals surface area contributed by atoms with E-state index in [0.717, 1.165) is 17.1 Å². The van der Waals surface area contributed by atoms with Crippen molar-refractivity contribution in [1.29, 1.82) is 0 Å². The number of hydrogen-bond donors (Lipinski definition) is 1. The van der Waals surface area contributed by atoms with Crippen LogP contribution in [0, 0.1) is 11.2 Å². The number of likely N-dealkylation sites (N-methyl/N-ethyl adjacent to an activating group) is 1. The molecule has 2 aromatic carbocycles. The summed E-state index contributed by atoms with van der Waals surface area (Å²) in [5, 5.41) is 2.85. The van der Waals surface area contributed by atoms with Crippen LogP contribution in [0.15, 0.2) is 42.5 Å². The summed E-state index contributed by atoms with van der Waals surface area (Å²) in [4.78, 5) is 45.1. The van der Waals surface area contributed by atoms with Crippen LogP contribution in [0.5, 0.6) is 0 Å². The van der Waals surface area contributed by atoms with Gasteiger partial charge in [-0.3, -0.25) is 14.9 Å². The van der Waals surface area contributed by atoms with Crippen molar-refractivity contribution in [2.75, 3.05) is 36.5 Å². The van der Waals surface area contributed by atoms with E-state index in [9.17, 15) is 18.8 Å². The van der Waals surface area contributed by atoms with Gasteiger partial charge in [0.25, 0.3) is 5.91 Å². The topological polar surface area (TPSA) is 73.0 Å². The summed E-state index contributed by atoms with van der Waals surface area (Å²) in [5.74, 6) is -1.74. The Morgan fingerprint density at radius 1 is 1.10 bits per heavy atom. The summed E-state index contributed by atoms with van der Waals surface area (Å²) < 4.78 is 13.4. The molecule has 3 heterocycles. The summed E-state index contributed by atoms with van der Waals surface area (Å²) in [6.07, 6.45) is 0.0760. The first-order valence-corrected chi connectivity index (χ1v) is 10.4. The molecule has 0 aromatic heterocycles. The van der Waals surface area contributed by atoms with Crippen molar-refractivity contribution in [3.8, 4) is 0 Å². The minimum atomic E-state index is -1.55. The summed E-state index contributed by atoms with van der Waals surface area (Å²) in [5.41, 5.74) is 0.273. The van der Waals surface area contributed by atoms with Crippen LogP contribution >= 0.6 is 11.6 Å². The number of halogens is 2. The third kappa shape index (κ3) is 2.85. The van der Waals surface area contributed by atoms with Crippen LogP contribution in [0.2, 0.25) is 5.02 Å². The zero-order chi connectivity index (χ0) is 21.9. The number of nitrogens with one attached hydrogen (secondary N) is 1. The second-order valence-electron chi connectivity index (χ2n) is 8.23. The number of imide groups is 2. The molecular formula is C22H20ClFN4O3. The van der Waals surface area contributed by atoms with Gasteiger partial charge in [-0.1, -0.05) is 17.7 Å². The number of piperazine rings is 1. The highest BCUT2D eigenvalue weighted by molar-refractivity contribution is 6.33. The Bertz CT molecular complexity index is 1110. The predicted molar refractivity (Wildman–Crippen MR) is 114 cm³/mol. The molecule has 3 aliphatic rings. The summed E-state index contributed by atoms with van der Waals surface area (Å²) >= 11 is 6.50. The molecule has 4 amide bonds. The van der Waals surface area contributed by atoms with Gasteiger partial charge in [-0.15, -0.1) is 0 Å². The van der Waals surface area contributed by atoms with Crippen LogP contribution in [-0.4, -0.2) is 55.5 Å². The third-order valence-corrected chi connectivity index (χ3v) is 6.86. The van der Waals surface area contributed by atoms with Crippen LogP contribution in [0.25, 0.3) is 0 Å². The average molecular weight is 443 g/mol. The molecule has 9 heteroatoms. The lowest BCUT2D eigenvalue weighted by atomic mass is 9.67. The third-order valence-electron chi connectivity index (χ3n) is 6.51. The molecule has 2 saturated heterocycles. The number of rotatable bonds is 1. The lowest BCUT2D eigenvalue weighted by Gasteiger charge is -2.55. The van der Waals surface area contributed by atoms with Crippen molar-refractivity contribution in [2.24, 2.45) is 5.41 Å². The Balaban J connectivity index is 1.68. The molecule has 5 rings (SSSR count). The van der Waals surface area contributed by atoms with Gasteiger partial charge in [0.15, 0.2) is 5.41 Å². The molecule has 3 aliphatic heterocycles. The molecule has 0 unspecified atom stereocenters. The zero-order valence-electron chi connectivity index (χ0n) is 16.8. The van der Waals surface area contributed by atoms with Crippen LogP contribution in [-0.2, 0) is 16.0 Å². The Morgan fingerprint density at radius 2 is 1.84 bits per heavy atom. The molecule has 0 aliphatic carbocycles. The fourth-order valence-electron chi connectivity index (χ4n) is 4.95. The highest BCUT2D eigenvalue weighted by Gasteiger charge is 2.63. The minimum absolute atomic E-state index is 0.0760. The summed E-state index contributed by atoms with van der Waals surface area (Å²) in [6, 6.07) is 9.26. The SMILES string of the molecule is CN1CCN2c3cccc(Cl)c3C[C@]3(C(=O)NC(=O)N(c4ccc(F)cc4)C3=O)[C@@H]2C1. The van der Waals surface area contributed by atoms with Crippen molar-refractivity contribution in [2.45, 2.75) is 12.5 Å². The molecule has 2 atom stereocenters. The molecular weight excluding hydrogens is 423 g/mol. The summed E-state index contributed by atoms with van der Waals surface area (Å²) in [7, 11) is 1.94. The standard InChI is InChI=1S/C22H20ClFN4O3/c1-26-9-10-27-17-4-2-3-16(23)15(17)11-22(18(27)12-26)19(29)25-21(31)28(20(22)30)14-7-5-13(24)6-8-14/h2-8,18H,9-12H2,1H3,(H,25,29,31)/t18-,22+/m0/s1. The predicted octanol–water partition coefficient (Wildman–Crippen LogP) is 2.43. The van der Waals surface area contributed by atoms with Crippen LogP contribution in [0.3, 0.4) is 0 Å². The van der Waals surface area contributed by atoms with E-state index >= 15 is 0 Å². The van der Waals surface area contributed by atoms with Gasteiger partial charge in [-0.2, -0.15) is 0 Å². The summed E-state index contributed by atoms with van der Waals surface area (Å²) in [6.45, 7) is 1.84. The van der Waals surface area contributed by atoms with Gasteiger partial charge in [0.2, 0.25) is 5.91 Å². The molecule has 2 aromatic rings. The normalized spacial score (nSPS) is 26.0. The van der Waals surface area contributed by atoms with Crippen LogP contribution < -0.4 is 15.1 Å². The number of fused-ring (bicyclic) bond motifs is 4. The molecule has 0 bridgehead atoms. The van der Waals surface area contributed by atoms with Gasteiger partial charge in [0.05, 0.1) is 11.7 Å². The molecule has 31 heavy (non-hydrogen) atoms. The Labute approximate surface area is 183 Å². The number of benzene rings is 2. The zero-order valence-corrected chi connectivity index (χ0v) is 17.5. The first-order chi connectivity index (χ1) is 14.8. The van der Waals surface area contributed by atoms with E-state index in [1.54, 1.807) is 6.07 Å². The van der Waals surface area contributed by atoms with E-state index in [4.69, 9.17) is 11.6 Å².